The van der Waals surface area contributed by atoms with Crippen molar-refractivity contribution < 1.29 is 9.59 Å². The number of hydrogen-bond acceptors (Lipinski definition) is 5. The molecular formula is C20H23NO2S2. The van der Waals surface area contributed by atoms with Gasteiger partial charge in [0.25, 0.3) is 0 Å². The average Bonchev–Trinajstić information content (AvgIpc) is 3.10. The van der Waals surface area contributed by atoms with Gasteiger partial charge in [0.1, 0.15) is 0 Å². The quantitative estimate of drug-likeness (QED) is 0.540. The van der Waals surface area contributed by atoms with E-state index in [0.717, 1.165) is 47.8 Å². The molecule has 0 radical (unpaired) electrons. The Morgan fingerprint density at radius 2 is 2.12 bits per heavy atom. The number of piperidine rings is 1. The normalized spacial score (nSPS) is 18.2. The largest absolute Gasteiger partial charge is 0.298 e. The molecule has 1 aromatic heterocycles. The number of rotatable bonds is 6. The number of carbonyl (C=O) groups excluding carboxylic acids is 2. The first kappa shape index (κ1) is 18.4. The summed E-state index contributed by atoms with van der Waals surface area (Å²) in [5, 5.41) is 2.06. The lowest BCUT2D eigenvalue weighted by Crippen LogP contribution is -2.38. The topological polar surface area (TPSA) is 37.4 Å². The first-order valence-corrected chi connectivity index (χ1v) is 10.7. The van der Waals surface area contributed by atoms with Crippen LogP contribution in [0.5, 0.6) is 0 Å². The van der Waals surface area contributed by atoms with Gasteiger partial charge in [-0.15, -0.1) is 23.1 Å². The lowest BCUT2D eigenvalue weighted by Gasteiger charge is -2.32. The Morgan fingerprint density at radius 1 is 1.32 bits per heavy atom. The fourth-order valence-corrected chi connectivity index (χ4v) is 4.79. The summed E-state index contributed by atoms with van der Waals surface area (Å²) in [6, 6.07) is 9.89. The zero-order valence-corrected chi connectivity index (χ0v) is 16.3. The number of likely N-dealkylation sites (tertiary alicyclic amines) is 1. The lowest BCUT2D eigenvalue weighted by molar-refractivity contribution is 0.0808. The Kier molecular flexibility index (Phi) is 6.10. The molecule has 3 nitrogen and oxygen atoms in total. The summed E-state index contributed by atoms with van der Waals surface area (Å²) < 4.78 is 0. The Morgan fingerprint density at radius 3 is 2.84 bits per heavy atom. The van der Waals surface area contributed by atoms with E-state index in [4.69, 9.17) is 0 Å². The number of thioether (sulfide) groups is 1. The third-order valence-corrected chi connectivity index (χ3v) is 6.53. The molecule has 0 spiro atoms. The van der Waals surface area contributed by atoms with Gasteiger partial charge in [-0.2, -0.15) is 0 Å². The van der Waals surface area contributed by atoms with E-state index < -0.39 is 0 Å². The van der Waals surface area contributed by atoms with Crippen molar-refractivity contribution in [2.75, 3.05) is 19.3 Å². The highest BCUT2D eigenvalue weighted by molar-refractivity contribution is 7.98. The standard InChI is InChI=1S/C20H23NO2S2/c1-14(22)19-10-15(13-25-19)11-21-9-5-6-16(12-21)20(23)17-7-3-4-8-18(17)24-2/h3-4,7-8,10,13,16H,5-6,9,11-12H2,1-2H3/t16-/m0/s1. The highest BCUT2D eigenvalue weighted by Gasteiger charge is 2.27. The molecule has 1 aromatic carbocycles. The van der Waals surface area contributed by atoms with Crippen LogP contribution in [0.3, 0.4) is 0 Å². The minimum Gasteiger partial charge on any atom is -0.298 e. The van der Waals surface area contributed by atoms with Crippen molar-refractivity contribution in [3.05, 3.63) is 51.7 Å². The van der Waals surface area contributed by atoms with E-state index in [0.29, 0.717) is 0 Å². The van der Waals surface area contributed by atoms with Crippen LogP contribution < -0.4 is 0 Å². The fraction of sp³-hybridized carbons (Fsp3) is 0.400. The number of Topliss-reactive ketones (excluding diaryl/α,β-unsaturated/α-hetero) is 2. The van der Waals surface area contributed by atoms with E-state index in [2.05, 4.69) is 10.3 Å². The number of carbonyl (C=O) groups is 2. The monoisotopic (exact) mass is 373 g/mol. The molecule has 0 N–H and O–H groups in total. The number of nitrogens with zero attached hydrogens (tertiary/aromatic N) is 1. The van der Waals surface area contributed by atoms with Crippen molar-refractivity contribution in [2.24, 2.45) is 5.92 Å². The van der Waals surface area contributed by atoms with E-state index in [-0.39, 0.29) is 17.5 Å². The van der Waals surface area contributed by atoms with Crippen LogP contribution >= 0.6 is 23.1 Å². The van der Waals surface area contributed by atoms with E-state index in [1.807, 2.05) is 36.6 Å². The molecule has 1 aliphatic rings. The maximum Gasteiger partial charge on any atom is 0.169 e. The molecule has 1 atom stereocenters. The third kappa shape index (κ3) is 4.40. The predicted molar refractivity (Wildman–Crippen MR) is 105 cm³/mol. The fourth-order valence-electron chi connectivity index (χ4n) is 3.38. The van der Waals surface area contributed by atoms with Crippen molar-refractivity contribution in [1.29, 1.82) is 0 Å². The van der Waals surface area contributed by atoms with Crippen LogP contribution in [0, 0.1) is 5.92 Å². The van der Waals surface area contributed by atoms with Gasteiger partial charge in [0, 0.05) is 29.5 Å². The van der Waals surface area contributed by atoms with Crippen LogP contribution in [0.4, 0.5) is 0 Å². The molecule has 0 amide bonds. The second kappa shape index (κ2) is 8.30. The molecule has 2 heterocycles. The maximum atomic E-state index is 13.0. The smallest absolute Gasteiger partial charge is 0.169 e. The minimum absolute atomic E-state index is 0.0629. The van der Waals surface area contributed by atoms with Crippen LogP contribution in [-0.2, 0) is 6.54 Å². The minimum atomic E-state index is 0.0629. The van der Waals surface area contributed by atoms with Crippen molar-refractivity contribution in [1.82, 2.24) is 4.90 Å². The number of thiophene rings is 1. The first-order chi connectivity index (χ1) is 12.1. The van der Waals surface area contributed by atoms with Crippen molar-refractivity contribution in [3.63, 3.8) is 0 Å². The zero-order chi connectivity index (χ0) is 17.8. The van der Waals surface area contributed by atoms with E-state index in [9.17, 15) is 9.59 Å². The van der Waals surface area contributed by atoms with Gasteiger partial charge in [-0.25, -0.2) is 0 Å². The van der Waals surface area contributed by atoms with Gasteiger partial charge < -0.3 is 0 Å². The van der Waals surface area contributed by atoms with Gasteiger partial charge in [0.15, 0.2) is 11.6 Å². The molecule has 0 bridgehead atoms. The van der Waals surface area contributed by atoms with Gasteiger partial charge in [0.05, 0.1) is 4.88 Å². The van der Waals surface area contributed by atoms with Gasteiger partial charge in [-0.05, 0) is 55.6 Å². The van der Waals surface area contributed by atoms with Gasteiger partial charge >= 0.3 is 0 Å². The SMILES string of the molecule is CSc1ccccc1C(=O)[C@H]1CCCN(Cc2csc(C(C)=O)c2)C1. The van der Waals surface area contributed by atoms with Gasteiger partial charge in [-0.1, -0.05) is 18.2 Å². The Hall–Kier alpha value is -1.43. The molecule has 1 fully saturated rings. The van der Waals surface area contributed by atoms with Gasteiger partial charge in [0.2, 0.25) is 0 Å². The summed E-state index contributed by atoms with van der Waals surface area (Å²) >= 11 is 3.14. The van der Waals surface area contributed by atoms with Crippen LogP contribution in [0.2, 0.25) is 0 Å². The first-order valence-electron chi connectivity index (χ1n) is 8.56. The second-order valence-electron chi connectivity index (χ2n) is 6.51. The third-order valence-electron chi connectivity index (χ3n) is 4.66. The molecule has 2 aromatic rings. The van der Waals surface area contributed by atoms with E-state index in [1.54, 1.807) is 18.7 Å². The van der Waals surface area contributed by atoms with E-state index >= 15 is 0 Å². The molecular weight excluding hydrogens is 350 g/mol. The molecule has 132 valence electrons. The molecule has 3 rings (SSSR count). The zero-order valence-electron chi connectivity index (χ0n) is 14.7. The summed E-state index contributed by atoms with van der Waals surface area (Å²) in [7, 11) is 0. The molecule has 0 aliphatic carbocycles. The van der Waals surface area contributed by atoms with Crippen LogP contribution in [0.25, 0.3) is 0 Å². The molecule has 1 saturated heterocycles. The maximum absolute atomic E-state index is 13.0. The molecule has 0 saturated carbocycles. The van der Waals surface area contributed by atoms with Crippen LogP contribution in [0.15, 0.2) is 40.6 Å². The Bertz CT molecular complexity index is 769. The van der Waals surface area contributed by atoms with E-state index in [1.165, 1.54) is 16.9 Å². The molecule has 5 heteroatoms. The summed E-state index contributed by atoms with van der Waals surface area (Å²) in [6.07, 6.45) is 4.02. The summed E-state index contributed by atoms with van der Waals surface area (Å²) in [5.41, 5.74) is 2.03. The number of hydrogen-bond donors (Lipinski definition) is 0. The summed E-state index contributed by atoms with van der Waals surface area (Å²) in [6.45, 7) is 4.23. The summed E-state index contributed by atoms with van der Waals surface area (Å²) in [4.78, 5) is 28.7. The van der Waals surface area contributed by atoms with Crippen LogP contribution in [0.1, 0.15) is 45.4 Å². The highest BCUT2D eigenvalue weighted by Crippen LogP contribution is 2.28. The average molecular weight is 374 g/mol. The van der Waals surface area contributed by atoms with Crippen molar-refractivity contribution in [3.8, 4) is 0 Å². The van der Waals surface area contributed by atoms with Crippen molar-refractivity contribution in [2.45, 2.75) is 31.2 Å². The Labute approximate surface area is 157 Å². The molecule has 25 heavy (non-hydrogen) atoms. The Balaban J connectivity index is 1.68. The van der Waals surface area contributed by atoms with Crippen molar-refractivity contribution >= 4 is 34.7 Å². The van der Waals surface area contributed by atoms with Crippen LogP contribution in [-0.4, -0.2) is 35.8 Å². The highest BCUT2D eigenvalue weighted by atomic mass is 32.2. The lowest BCUT2D eigenvalue weighted by atomic mass is 9.90. The molecule has 0 unspecified atom stereocenters. The predicted octanol–water partition coefficient (Wildman–Crippen LogP) is 4.77. The second-order valence-corrected chi connectivity index (χ2v) is 8.27. The number of ketones is 2. The van der Waals surface area contributed by atoms with Gasteiger partial charge in [-0.3, -0.25) is 14.5 Å². The molecule has 1 aliphatic heterocycles. The summed E-state index contributed by atoms with van der Waals surface area (Å²) in [5.74, 6) is 0.453. The number of benzene rings is 1.